The maximum Gasteiger partial charge on any atom is 0.103 e. The Balaban J connectivity index is 2.04. The van der Waals surface area contributed by atoms with Gasteiger partial charge in [0.05, 0.1) is 18.2 Å². The molecule has 1 aromatic heterocycles. The van der Waals surface area contributed by atoms with E-state index in [0.717, 1.165) is 26.1 Å². The van der Waals surface area contributed by atoms with E-state index in [2.05, 4.69) is 35.6 Å². The maximum atomic E-state index is 5.88. The van der Waals surface area contributed by atoms with Crippen molar-refractivity contribution < 1.29 is 4.74 Å². The fourth-order valence-corrected chi connectivity index (χ4v) is 2.39. The fraction of sp³-hybridized carbons (Fsp3) is 0.769. The van der Waals surface area contributed by atoms with Crippen molar-refractivity contribution in [3.8, 4) is 0 Å². The second-order valence-electron chi connectivity index (χ2n) is 5.01. The number of ether oxygens (including phenoxy) is 1. The number of hydrogen-bond donors (Lipinski definition) is 1. The summed E-state index contributed by atoms with van der Waals surface area (Å²) >= 11 is 0. The fourth-order valence-electron chi connectivity index (χ4n) is 2.39. The number of aryl methyl sites for hydroxylation is 1. The number of nitrogens with zero attached hydrogens (tertiary/aromatic N) is 2. The van der Waals surface area contributed by atoms with Crippen LogP contribution >= 0.6 is 0 Å². The normalized spacial score (nSPS) is 24.7. The lowest BCUT2D eigenvalue weighted by atomic mass is 9.99. The minimum absolute atomic E-state index is 0.212. The van der Waals surface area contributed by atoms with Crippen LogP contribution in [0.25, 0.3) is 0 Å². The van der Waals surface area contributed by atoms with Crippen molar-refractivity contribution in [2.75, 3.05) is 13.2 Å². The summed E-state index contributed by atoms with van der Waals surface area (Å²) in [7, 11) is 0. The van der Waals surface area contributed by atoms with Gasteiger partial charge in [0, 0.05) is 31.7 Å². The number of imidazole rings is 1. The average Bonchev–Trinajstić information content (AvgIpc) is 2.93. The van der Waals surface area contributed by atoms with Crippen LogP contribution in [0.15, 0.2) is 12.5 Å². The molecule has 0 aliphatic carbocycles. The third kappa shape index (κ3) is 2.87. The number of nitrogens with one attached hydrogen (secondary N) is 1. The zero-order valence-electron chi connectivity index (χ0n) is 11.0. The van der Waals surface area contributed by atoms with Crippen LogP contribution in [0.5, 0.6) is 0 Å². The lowest BCUT2D eigenvalue weighted by molar-refractivity contribution is 0.0837. The molecule has 2 atom stereocenters. The Bertz CT molecular complexity index is 348. The topological polar surface area (TPSA) is 39.1 Å². The average molecular weight is 237 g/mol. The van der Waals surface area contributed by atoms with Crippen LogP contribution in [0.3, 0.4) is 0 Å². The molecule has 0 bridgehead atoms. The highest BCUT2D eigenvalue weighted by molar-refractivity contribution is 5.06. The third-order valence-corrected chi connectivity index (χ3v) is 3.38. The van der Waals surface area contributed by atoms with Gasteiger partial charge in [-0.15, -0.1) is 0 Å². The van der Waals surface area contributed by atoms with Gasteiger partial charge in [-0.25, -0.2) is 4.98 Å². The summed E-state index contributed by atoms with van der Waals surface area (Å²) in [5.41, 5.74) is 1.22. The Morgan fingerprint density at radius 2 is 2.41 bits per heavy atom. The molecule has 1 aromatic rings. The van der Waals surface area contributed by atoms with Gasteiger partial charge in [-0.3, -0.25) is 0 Å². The quantitative estimate of drug-likeness (QED) is 0.851. The first-order chi connectivity index (χ1) is 8.22. The molecule has 1 fully saturated rings. The molecule has 2 heterocycles. The van der Waals surface area contributed by atoms with E-state index in [1.54, 1.807) is 0 Å². The van der Waals surface area contributed by atoms with Crippen LogP contribution in [0.4, 0.5) is 0 Å². The molecule has 0 spiro atoms. The number of aromatic nitrogens is 2. The van der Waals surface area contributed by atoms with Crippen molar-refractivity contribution >= 4 is 0 Å². The minimum Gasteiger partial charge on any atom is -0.372 e. The van der Waals surface area contributed by atoms with Gasteiger partial charge in [0.1, 0.15) is 6.10 Å². The molecule has 96 valence electrons. The first-order valence-corrected chi connectivity index (χ1v) is 6.57. The van der Waals surface area contributed by atoms with Crippen molar-refractivity contribution in [2.24, 2.45) is 5.92 Å². The summed E-state index contributed by atoms with van der Waals surface area (Å²) < 4.78 is 8.06. The molecular formula is C13H23N3O. The van der Waals surface area contributed by atoms with E-state index in [0.29, 0.717) is 12.0 Å². The molecule has 1 N–H and O–H groups in total. The summed E-state index contributed by atoms with van der Waals surface area (Å²) in [6, 6.07) is 0.535. The molecule has 2 unspecified atom stereocenters. The molecule has 4 heteroatoms. The lowest BCUT2D eigenvalue weighted by Gasteiger charge is -2.21. The maximum absolute atomic E-state index is 5.88. The molecule has 0 aromatic carbocycles. The summed E-state index contributed by atoms with van der Waals surface area (Å²) in [5.74, 6) is 0.569. The summed E-state index contributed by atoms with van der Waals surface area (Å²) in [5, 5.41) is 3.51. The molecule has 1 saturated heterocycles. The van der Waals surface area contributed by atoms with E-state index in [4.69, 9.17) is 4.74 Å². The van der Waals surface area contributed by atoms with Gasteiger partial charge in [-0.1, -0.05) is 13.8 Å². The summed E-state index contributed by atoms with van der Waals surface area (Å²) in [4.78, 5) is 4.23. The van der Waals surface area contributed by atoms with Crippen LogP contribution in [-0.2, 0) is 11.3 Å². The third-order valence-electron chi connectivity index (χ3n) is 3.38. The van der Waals surface area contributed by atoms with Crippen molar-refractivity contribution in [2.45, 2.75) is 45.9 Å². The zero-order chi connectivity index (χ0) is 12.3. The van der Waals surface area contributed by atoms with Crippen LogP contribution in [0.1, 0.15) is 39.0 Å². The van der Waals surface area contributed by atoms with E-state index in [1.807, 2.05) is 12.5 Å². The van der Waals surface area contributed by atoms with E-state index in [-0.39, 0.29) is 6.10 Å². The predicted octanol–water partition coefficient (Wildman–Crippen LogP) is 1.98. The lowest BCUT2D eigenvalue weighted by Crippen LogP contribution is -2.30. The monoisotopic (exact) mass is 237 g/mol. The van der Waals surface area contributed by atoms with E-state index in [1.165, 1.54) is 5.69 Å². The Labute approximate surface area is 103 Å². The first-order valence-electron chi connectivity index (χ1n) is 6.57. The largest absolute Gasteiger partial charge is 0.372 e. The summed E-state index contributed by atoms with van der Waals surface area (Å²) in [6.45, 7) is 9.35. The molecule has 17 heavy (non-hydrogen) atoms. The van der Waals surface area contributed by atoms with Crippen LogP contribution in [0, 0.1) is 5.92 Å². The number of rotatable bonds is 5. The zero-order valence-corrected chi connectivity index (χ0v) is 11.0. The Kier molecular flexibility index (Phi) is 4.18. The van der Waals surface area contributed by atoms with Gasteiger partial charge < -0.3 is 14.6 Å². The first kappa shape index (κ1) is 12.6. The second-order valence-corrected chi connectivity index (χ2v) is 5.01. The van der Waals surface area contributed by atoms with Crippen LogP contribution in [0.2, 0.25) is 0 Å². The Morgan fingerprint density at radius 3 is 3.12 bits per heavy atom. The highest BCUT2D eigenvalue weighted by Crippen LogP contribution is 2.33. The Hall–Kier alpha value is -0.870. The van der Waals surface area contributed by atoms with Crippen molar-refractivity contribution in [3.05, 3.63) is 18.2 Å². The molecule has 0 radical (unpaired) electrons. The molecular weight excluding hydrogens is 214 g/mol. The SMILES string of the molecule is CCn1cncc1C1OCCC1CNC(C)C. The van der Waals surface area contributed by atoms with Gasteiger partial charge >= 0.3 is 0 Å². The predicted molar refractivity (Wildman–Crippen MR) is 67.8 cm³/mol. The van der Waals surface area contributed by atoms with Crippen LogP contribution < -0.4 is 5.32 Å². The highest BCUT2D eigenvalue weighted by Gasteiger charge is 2.31. The number of hydrogen-bond acceptors (Lipinski definition) is 3. The van der Waals surface area contributed by atoms with E-state index >= 15 is 0 Å². The minimum atomic E-state index is 0.212. The van der Waals surface area contributed by atoms with Crippen molar-refractivity contribution in [3.63, 3.8) is 0 Å². The molecule has 0 amide bonds. The Morgan fingerprint density at radius 1 is 1.59 bits per heavy atom. The van der Waals surface area contributed by atoms with E-state index < -0.39 is 0 Å². The van der Waals surface area contributed by atoms with Crippen molar-refractivity contribution in [1.29, 1.82) is 0 Å². The standard InChI is InChI=1S/C13H23N3O/c1-4-16-9-14-8-12(16)13-11(5-6-17-13)7-15-10(2)3/h8-11,13,15H,4-7H2,1-3H3. The molecule has 1 aliphatic rings. The van der Waals surface area contributed by atoms with Crippen LogP contribution in [-0.4, -0.2) is 28.7 Å². The van der Waals surface area contributed by atoms with E-state index in [9.17, 15) is 0 Å². The molecule has 0 saturated carbocycles. The highest BCUT2D eigenvalue weighted by atomic mass is 16.5. The smallest absolute Gasteiger partial charge is 0.103 e. The molecule has 2 rings (SSSR count). The van der Waals surface area contributed by atoms with Gasteiger partial charge in [0.15, 0.2) is 0 Å². The molecule has 1 aliphatic heterocycles. The second kappa shape index (κ2) is 5.65. The molecule has 4 nitrogen and oxygen atoms in total. The van der Waals surface area contributed by atoms with Gasteiger partial charge in [-0.05, 0) is 13.3 Å². The van der Waals surface area contributed by atoms with Gasteiger partial charge in [-0.2, -0.15) is 0 Å². The van der Waals surface area contributed by atoms with Gasteiger partial charge in [0.25, 0.3) is 0 Å². The summed E-state index contributed by atoms with van der Waals surface area (Å²) in [6.07, 6.45) is 5.19. The van der Waals surface area contributed by atoms with Crippen molar-refractivity contribution in [1.82, 2.24) is 14.9 Å². The van der Waals surface area contributed by atoms with Gasteiger partial charge in [0.2, 0.25) is 0 Å².